The van der Waals surface area contributed by atoms with Crippen LogP contribution in [-0.4, -0.2) is 16.0 Å². The first kappa shape index (κ1) is 16.1. The van der Waals surface area contributed by atoms with E-state index in [0.717, 1.165) is 14.1 Å². The fourth-order valence-electron chi connectivity index (χ4n) is 2.02. The van der Waals surface area contributed by atoms with Crippen LogP contribution in [0.5, 0.6) is 0 Å². The number of aryl methyl sites for hydroxylation is 1. The van der Waals surface area contributed by atoms with Gasteiger partial charge < -0.3 is 9.84 Å². The minimum Gasteiger partial charge on any atom is -0.339 e. The van der Waals surface area contributed by atoms with Crippen molar-refractivity contribution in [3.05, 3.63) is 51.2 Å². The summed E-state index contributed by atoms with van der Waals surface area (Å²) in [4.78, 5) is 17.2. The number of benzene rings is 1. The number of anilines is 1. The average Bonchev–Trinajstić information content (AvgIpc) is 3.20. The van der Waals surface area contributed by atoms with Gasteiger partial charge in [0.25, 0.3) is 0 Å². The van der Waals surface area contributed by atoms with Crippen molar-refractivity contribution in [2.45, 2.75) is 19.3 Å². The molecular weight excluding hydrogens is 425 g/mol. The van der Waals surface area contributed by atoms with Crippen LogP contribution < -0.4 is 5.32 Å². The molecule has 118 valence electrons. The summed E-state index contributed by atoms with van der Waals surface area (Å²) >= 11 is 3.80. The number of rotatable bonds is 6. The zero-order chi connectivity index (χ0) is 16.1. The molecule has 3 rings (SSSR count). The van der Waals surface area contributed by atoms with Gasteiger partial charge in [-0.2, -0.15) is 4.98 Å². The van der Waals surface area contributed by atoms with E-state index in [9.17, 15) is 4.79 Å². The molecule has 0 aliphatic heterocycles. The van der Waals surface area contributed by atoms with E-state index in [1.165, 1.54) is 0 Å². The predicted molar refractivity (Wildman–Crippen MR) is 98.3 cm³/mol. The first-order chi connectivity index (χ1) is 11.2. The number of amides is 1. The van der Waals surface area contributed by atoms with Crippen LogP contribution in [0.4, 0.5) is 5.69 Å². The Bertz CT molecular complexity index is 769. The fraction of sp³-hybridized carbons (Fsp3) is 0.188. The van der Waals surface area contributed by atoms with Gasteiger partial charge in [-0.05, 0) is 64.7 Å². The van der Waals surface area contributed by atoms with E-state index >= 15 is 0 Å². The van der Waals surface area contributed by atoms with Gasteiger partial charge in [-0.15, -0.1) is 11.3 Å². The zero-order valence-corrected chi connectivity index (χ0v) is 15.1. The van der Waals surface area contributed by atoms with E-state index in [4.69, 9.17) is 4.52 Å². The molecule has 0 unspecified atom stereocenters. The van der Waals surface area contributed by atoms with Crippen LogP contribution in [0.25, 0.3) is 10.7 Å². The Hall–Kier alpha value is -1.74. The minimum absolute atomic E-state index is 0.01000. The Morgan fingerprint density at radius 1 is 1.26 bits per heavy atom. The molecular formula is C16H14IN3O2S. The standard InChI is InChI=1S/C16H14IN3O2S/c17-11-6-8-12(9-7-11)18-14(21)4-1-5-15-19-16(20-22-15)13-3-2-10-23-13/h2-3,6-10H,1,4-5H2,(H,18,21). The highest BCUT2D eigenvalue weighted by Crippen LogP contribution is 2.21. The molecule has 0 saturated carbocycles. The number of thiophene rings is 1. The summed E-state index contributed by atoms with van der Waals surface area (Å²) in [7, 11) is 0. The van der Waals surface area contributed by atoms with Gasteiger partial charge in [0.15, 0.2) is 0 Å². The molecule has 0 bridgehead atoms. The maximum absolute atomic E-state index is 11.9. The number of nitrogens with one attached hydrogen (secondary N) is 1. The molecule has 0 atom stereocenters. The van der Waals surface area contributed by atoms with Crippen molar-refractivity contribution in [2.24, 2.45) is 0 Å². The largest absolute Gasteiger partial charge is 0.339 e. The molecule has 3 aromatic rings. The van der Waals surface area contributed by atoms with Crippen LogP contribution in [0, 0.1) is 3.57 Å². The Morgan fingerprint density at radius 2 is 2.09 bits per heavy atom. The maximum Gasteiger partial charge on any atom is 0.226 e. The third kappa shape index (κ3) is 4.61. The SMILES string of the molecule is O=C(CCCc1nc(-c2cccs2)no1)Nc1ccc(I)cc1. The highest BCUT2D eigenvalue weighted by Gasteiger charge is 2.10. The number of hydrogen-bond acceptors (Lipinski definition) is 5. The van der Waals surface area contributed by atoms with Gasteiger partial charge in [0.1, 0.15) is 0 Å². The van der Waals surface area contributed by atoms with E-state index in [-0.39, 0.29) is 5.91 Å². The van der Waals surface area contributed by atoms with Crippen molar-refractivity contribution in [2.75, 3.05) is 5.32 Å². The van der Waals surface area contributed by atoms with Gasteiger partial charge in [0.2, 0.25) is 17.6 Å². The molecule has 1 aromatic carbocycles. The number of carbonyl (C=O) groups excluding carboxylic acids is 1. The zero-order valence-electron chi connectivity index (χ0n) is 12.2. The second-order valence-corrected chi connectivity index (χ2v) is 7.09. The van der Waals surface area contributed by atoms with Crippen molar-refractivity contribution < 1.29 is 9.32 Å². The third-order valence-corrected chi connectivity index (χ3v) is 4.72. The average molecular weight is 439 g/mol. The third-order valence-electron chi connectivity index (χ3n) is 3.13. The van der Waals surface area contributed by atoms with Gasteiger partial charge in [-0.1, -0.05) is 11.2 Å². The second-order valence-electron chi connectivity index (χ2n) is 4.90. The first-order valence-corrected chi connectivity index (χ1v) is 9.08. The monoisotopic (exact) mass is 439 g/mol. The van der Waals surface area contributed by atoms with Crippen LogP contribution >= 0.6 is 33.9 Å². The van der Waals surface area contributed by atoms with Crippen molar-refractivity contribution >= 4 is 45.5 Å². The van der Waals surface area contributed by atoms with Gasteiger partial charge in [0.05, 0.1) is 4.88 Å². The van der Waals surface area contributed by atoms with Gasteiger partial charge in [-0.3, -0.25) is 4.79 Å². The quantitative estimate of drug-likeness (QED) is 0.580. The molecule has 1 amide bonds. The second kappa shape index (κ2) is 7.69. The lowest BCUT2D eigenvalue weighted by Gasteiger charge is -2.04. The number of hydrogen-bond donors (Lipinski definition) is 1. The van der Waals surface area contributed by atoms with E-state index in [1.54, 1.807) is 11.3 Å². The van der Waals surface area contributed by atoms with Crippen molar-refractivity contribution in [3.63, 3.8) is 0 Å². The number of carbonyl (C=O) groups is 1. The lowest BCUT2D eigenvalue weighted by Crippen LogP contribution is -2.11. The summed E-state index contributed by atoms with van der Waals surface area (Å²) in [5.41, 5.74) is 0.813. The number of halogens is 1. The highest BCUT2D eigenvalue weighted by molar-refractivity contribution is 14.1. The molecule has 2 aromatic heterocycles. The molecule has 0 aliphatic rings. The van der Waals surface area contributed by atoms with Gasteiger partial charge in [-0.25, -0.2) is 0 Å². The molecule has 23 heavy (non-hydrogen) atoms. The highest BCUT2D eigenvalue weighted by atomic mass is 127. The van der Waals surface area contributed by atoms with Crippen molar-refractivity contribution in [1.82, 2.24) is 10.1 Å². The van der Waals surface area contributed by atoms with Crippen molar-refractivity contribution in [3.8, 4) is 10.7 Å². The minimum atomic E-state index is -0.01000. The smallest absolute Gasteiger partial charge is 0.226 e. The molecule has 0 fully saturated rings. The molecule has 1 N–H and O–H groups in total. The summed E-state index contributed by atoms with van der Waals surface area (Å²) in [5.74, 6) is 1.16. The van der Waals surface area contributed by atoms with E-state index in [2.05, 4.69) is 38.0 Å². The summed E-state index contributed by atoms with van der Waals surface area (Å²) < 4.78 is 6.35. The Kier molecular flexibility index (Phi) is 5.39. The fourth-order valence-corrected chi connectivity index (χ4v) is 3.03. The molecule has 2 heterocycles. The summed E-state index contributed by atoms with van der Waals surface area (Å²) in [6.45, 7) is 0. The molecule has 0 saturated heterocycles. The topological polar surface area (TPSA) is 68.0 Å². The summed E-state index contributed by atoms with van der Waals surface area (Å²) in [6.07, 6.45) is 1.68. The molecule has 7 heteroatoms. The lowest BCUT2D eigenvalue weighted by atomic mass is 10.2. The van der Waals surface area contributed by atoms with Crippen LogP contribution in [-0.2, 0) is 11.2 Å². The molecule has 0 spiro atoms. The van der Waals surface area contributed by atoms with Crippen LogP contribution in [0.3, 0.4) is 0 Å². The first-order valence-electron chi connectivity index (χ1n) is 7.12. The van der Waals surface area contributed by atoms with E-state index in [0.29, 0.717) is 31.0 Å². The molecule has 0 aliphatic carbocycles. The van der Waals surface area contributed by atoms with E-state index in [1.807, 2.05) is 41.8 Å². The molecule has 0 radical (unpaired) electrons. The van der Waals surface area contributed by atoms with Crippen molar-refractivity contribution in [1.29, 1.82) is 0 Å². The Balaban J connectivity index is 1.46. The Labute approximate surface area is 151 Å². The number of nitrogens with zero attached hydrogens (tertiary/aromatic N) is 2. The molecule has 5 nitrogen and oxygen atoms in total. The maximum atomic E-state index is 11.9. The number of aromatic nitrogens is 2. The Morgan fingerprint density at radius 3 is 2.83 bits per heavy atom. The van der Waals surface area contributed by atoms with Crippen LogP contribution in [0.1, 0.15) is 18.7 Å². The normalized spacial score (nSPS) is 10.7. The van der Waals surface area contributed by atoms with E-state index < -0.39 is 0 Å². The summed E-state index contributed by atoms with van der Waals surface area (Å²) in [5, 5.41) is 8.80. The lowest BCUT2D eigenvalue weighted by molar-refractivity contribution is -0.116. The van der Waals surface area contributed by atoms with Crippen LogP contribution in [0.15, 0.2) is 46.3 Å². The van der Waals surface area contributed by atoms with Crippen LogP contribution in [0.2, 0.25) is 0 Å². The van der Waals surface area contributed by atoms with Gasteiger partial charge >= 0.3 is 0 Å². The van der Waals surface area contributed by atoms with Gasteiger partial charge in [0, 0.05) is 22.1 Å². The predicted octanol–water partition coefficient (Wildman–Crippen LogP) is 4.36. The summed E-state index contributed by atoms with van der Waals surface area (Å²) in [6, 6.07) is 11.6.